The van der Waals surface area contributed by atoms with Gasteiger partial charge in [0.15, 0.2) is 5.76 Å². The Hall–Kier alpha value is -2.63. The molecule has 108 valence electrons. The second-order valence-corrected chi connectivity index (χ2v) is 5.04. The summed E-state index contributed by atoms with van der Waals surface area (Å²) in [5, 5.41) is 6.52. The fourth-order valence-corrected chi connectivity index (χ4v) is 2.39. The molecule has 1 aromatic heterocycles. The molecular formula is C15H15N3O3. The predicted molar refractivity (Wildman–Crippen MR) is 74.0 cm³/mol. The Balaban J connectivity index is 1.81. The van der Waals surface area contributed by atoms with Crippen LogP contribution in [0, 0.1) is 6.92 Å². The summed E-state index contributed by atoms with van der Waals surface area (Å²) in [6.07, 6.45) is 0. The SMILES string of the molecule is Cc1cc(CN2CC(=O)NC(c3ccccc3)C2=O)on1. The number of benzene rings is 1. The van der Waals surface area contributed by atoms with Gasteiger partial charge < -0.3 is 14.7 Å². The minimum atomic E-state index is -0.642. The quantitative estimate of drug-likeness (QED) is 0.919. The van der Waals surface area contributed by atoms with Crippen LogP contribution in [-0.4, -0.2) is 28.4 Å². The molecule has 2 aromatic rings. The predicted octanol–water partition coefficient (Wildman–Crippen LogP) is 1.18. The Morgan fingerprint density at radius 3 is 2.76 bits per heavy atom. The van der Waals surface area contributed by atoms with Crippen molar-refractivity contribution in [3.8, 4) is 0 Å². The zero-order valence-electron chi connectivity index (χ0n) is 11.6. The highest BCUT2D eigenvalue weighted by molar-refractivity contribution is 5.95. The van der Waals surface area contributed by atoms with E-state index in [2.05, 4.69) is 10.5 Å². The van der Waals surface area contributed by atoms with Gasteiger partial charge in [-0.2, -0.15) is 0 Å². The van der Waals surface area contributed by atoms with E-state index in [0.717, 1.165) is 11.3 Å². The molecule has 0 spiro atoms. The number of amides is 2. The Morgan fingerprint density at radius 2 is 2.10 bits per heavy atom. The van der Waals surface area contributed by atoms with E-state index >= 15 is 0 Å². The maximum Gasteiger partial charge on any atom is 0.250 e. The van der Waals surface area contributed by atoms with Crippen molar-refractivity contribution in [1.82, 2.24) is 15.4 Å². The lowest BCUT2D eigenvalue weighted by Crippen LogP contribution is -2.52. The second-order valence-electron chi connectivity index (χ2n) is 5.04. The van der Waals surface area contributed by atoms with E-state index in [1.807, 2.05) is 37.3 Å². The molecule has 3 rings (SSSR count). The molecule has 0 radical (unpaired) electrons. The third kappa shape index (κ3) is 2.79. The van der Waals surface area contributed by atoms with Crippen LogP contribution in [0.15, 0.2) is 40.9 Å². The highest BCUT2D eigenvalue weighted by Gasteiger charge is 2.34. The molecule has 1 aliphatic rings. The van der Waals surface area contributed by atoms with E-state index in [4.69, 9.17) is 4.52 Å². The Morgan fingerprint density at radius 1 is 1.33 bits per heavy atom. The number of piperazine rings is 1. The summed E-state index contributed by atoms with van der Waals surface area (Å²) in [6, 6.07) is 10.3. The van der Waals surface area contributed by atoms with Crippen molar-refractivity contribution in [2.75, 3.05) is 6.54 Å². The van der Waals surface area contributed by atoms with Crippen molar-refractivity contribution in [1.29, 1.82) is 0 Å². The number of aromatic nitrogens is 1. The molecule has 0 aliphatic carbocycles. The average molecular weight is 285 g/mol. The Labute approximate surface area is 121 Å². The van der Waals surface area contributed by atoms with Gasteiger partial charge in [0, 0.05) is 6.07 Å². The number of nitrogens with zero attached hydrogens (tertiary/aromatic N) is 2. The molecule has 0 saturated carbocycles. The van der Waals surface area contributed by atoms with E-state index in [0.29, 0.717) is 5.76 Å². The Kier molecular flexibility index (Phi) is 3.43. The molecule has 1 N–H and O–H groups in total. The molecule has 1 aromatic carbocycles. The zero-order valence-corrected chi connectivity index (χ0v) is 11.6. The molecule has 1 fully saturated rings. The monoisotopic (exact) mass is 285 g/mol. The Bertz CT molecular complexity index is 666. The fourth-order valence-electron chi connectivity index (χ4n) is 2.39. The van der Waals surface area contributed by atoms with Gasteiger partial charge in [-0.15, -0.1) is 0 Å². The summed E-state index contributed by atoms with van der Waals surface area (Å²) in [6.45, 7) is 2.09. The maximum absolute atomic E-state index is 12.5. The van der Waals surface area contributed by atoms with Crippen LogP contribution in [0.5, 0.6) is 0 Å². The first-order chi connectivity index (χ1) is 10.1. The first-order valence-corrected chi connectivity index (χ1v) is 6.69. The van der Waals surface area contributed by atoms with Gasteiger partial charge in [0.25, 0.3) is 5.91 Å². The molecule has 2 heterocycles. The maximum atomic E-state index is 12.5. The third-order valence-electron chi connectivity index (χ3n) is 3.35. The van der Waals surface area contributed by atoms with Gasteiger partial charge in [-0.05, 0) is 12.5 Å². The van der Waals surface area contributed by atoms with E-state index in [9.17, 15) is 9.59 Å². The summed E-state index contributed by atoms with van der Waals surface area (Å²) < 4.78 is 5.12. The van der Waals surface area contributed by atoms with Gasteiger partial charge in [0.05, 0.1) is 12.2 Å². The highest BCUT2D eigenvalue weighted by atomic mass is 16.5. The molecule has 6 heteroatoms. The van der Waals surface area contributed by atoms with Crippen LogP contribution in [0.25, 0.3) is 0 Å². The van der Waals surface area contributed by atoms with Crippen LogP contribution in [-0.2, 0) is 16.1 Å². The van der Waals surface area contributed by atoms with Gasteiger partial charge in [0.2, 0.25) is 5.91 Å². The number of carbonyl (C=O) groups excluding carboxylic acids is 2. The minimum Gasteiger partial charge on any atom is -0.359 e. The third-order valence-corrected chi connectivity index (χ3v) is 3.35. The van der Waals surface area contributed by atoms with Crippen molar-refractivity contribution in [2.24, 2.45) is 0 Å². The van der Waals surface area contributed by atoms with Crippen LogP contribution < -0.4 is 5.32 Å². The number of hydrogen-bond acceptors (Lipinski definition) is 4. The minimum absolute atomic E-state index is 0.0297. The number of hydrogen-bond donors (Lipinski definition) is 1. The summed E-state index contributed by atoms with van der Waals surface area (Å²) in [5.41, 5.74) is 1.52. The van der Waals surface area contributed by atoms with Crippen LogP contribution in [0.1, 0.15) is 23.1 Å². The van der Waals surface area contributed by atoms with Crippen molar-refractivity contribution < 1.29 is 14.1 Å². The van der Waals surface area contributed by atoms with Gasteiger partial charge in [-0.3, -0.25) is 9.59 Å². The second kappa shape index (κ2) is 5.40. The molecular weight excluding hydrogens is 270 g/mol. The number of nitrogens with one attached hydrogen (secondary N) is 1. The van der Waals surface area contributed by atoms with Crippen molar-refractivity contribution >= 4 is 11.8 Å². The lowest BCUT2D eigenvalue weighted by molar-refractivity contribution is -0.145. The van der Waals surface area contributed by atoms with Crippen molar-refractivity contribution in [3.05, 3.63) is 53.4 Å². The fraction of sp³-hybridized carbons (Fsp3) is 0.267. The van der Waals surface area contributed by atoms with E-state index in [-0.39, 0.29) is 24.9 Å². The van der Waals surface area contributed by atoms with E-state index in [1.165, 1.54) is 4.90 Å². The van der Waals surface area contributed by atoms with Crippen LogP contribution in [0.3, 0.4) is 0 Å². The standard InChI is InChI=1S/C15H15N3O3/c1-10-7-12(21-17-10)8-18-9-13(19)16-14(15(18)20)11-5-3-2-4-6-11/h2-7,14H,8-9H2,1H3,(H,16,19). The van der Waals surface area contributed by atoms with Crippen LogP contribution in [0.4, 0.5) is 0 Å². The zero-order chi connectivity index (χ0) is 14.8. The summed E-state index contributed by atoms with van der Waals surface area (Å²) in [7, 11) is 0. The molecule has 1 unspecified atom stereocenters. The topological polar surface area (TPSA) is 75.4 Å². The average Bonchev–Trinajstić information content (AvgIpc) is 2.89. The lowest BCUT2D eigenvalue weighted by Gasteiger charge is -2.32. The molecule has 21 heavy (non-hydrogen) atoms. The first kappa shape index (κ1) is 13.4. The summed E-state index contributed by atoms with van der Waals surface area (Å²) >= 11 is 0. The van der Waals surface area contributed by atoms with E-state index in [1.54, 1.807) is 6.07 Å². The van der Waals surface area contributed by atoms with E-state index < -0.39 is 6.04 Å². The molecule has 2 amide bonds. The van der Waals surface area contributed by atoms with Crippen LogP contribution in [0.2, 0.25) is 0 Å². The largest absolute Gasteiger partial charge is 0.359 e. The van der Waals surface area contributed by atoms with Gasteiger partial charge in [-0.1, -0.05) is 35.5 Å². The van der Waals surface area contributed by atoms with Crippen LogP contribution >= 0.6 is 0 Å². The summed E-state index contributed by atoms with van der Waals surface area (Å²) in [5.74, 6) is 0.247. The number of aryl methyl sites for hydroxylation is 1. The molecule has 1 aliphatic heterocycles. The van der Waals surface area contributed by atoms with Gasteiger partial charge in [-0.25, -0.2) is 0 Å². The molecule has 0 bridgehead atoms. The molecule has 1 saturated heterocycles. The summed E-state index contributed by atoms with van der Waals surface area (Å²) in [4.78, 5) is 25.9. The number of carbonyl (C=O) groups is 2. The van der Waals surface area contributed by atoms with Crippen molar-refractivity contribution in [3.63, 3.8) is 0 Å². The molecule has 6 nitrogen and oxygen atoms in total. The van der Waals surface area contributed by atoms with Crippen molar-refractivity contribution in [2.45, 2.75) is 19.5 Å². The number of rotatable bonds is 3. The lowest BCUT2D eigenvalue weighted by atomic mass is 10.0. The normalized spacial score (nSPS) is 18.7. The first-order valence-electron chi connectivity index (χ1n) is 6.69. The van der Waals surface area contributed by atoms with Gasteiger partial charge >= 0.3 is 0 Å². The van der Waals surface area contributed by atoms with Gasteiger partial charge in [0.1, 0.15) is 12.6 Å². The highest BCUT2D eigenvalue weighted by Crippen LogP contribution is 2.20. The smallest absolute Gasteiger partial charge is 0.250 e. The molecule has 1 atom stereocenters.